The van der Waals surface area contributed by atoms with E-state index < -0.39 is 23.6 Å². The summed E-state index contributed by atoms with van der Waals surface area (Å²) >= 11 is 1.58. The predicted molar refractivity (Wildman–Crippen MR) is 270 cm³/mol. The molecule has 0 saturated carbocycles. The lowest BCUT2D eigenvalue weighted by Crippen LogP contribution is -2.59. The highest BCUT2D eigenvalue weighted by atomic mass is 35.5. The van der Waals surface area contributed by atoms with Gasteiger partial charge in [0.1, 0.15) is 23.5 Å². The highest BCUT2D eigenvalue weighted by Crippen LogP contribution is 2.31. The van der Waals surface area contributed by atoms with Crippen LogP contribution in [0.3, 0.4) is 0 Å². The molecule has 0 radical (unpaired) electrons. The van der Waals surface area contributed by atoms with Crippen molar-refractivity contribution in [3.05, 3.63) is 89.1 Å². The molecule has 4 heterocycles. The Bertz CT molecular complexity index is 2390. The Labute approximate surface area is 409 Å². The molecule has 68 heavy (non-hydrogen) atoms. The number of nitrogens with one attached hydrogen (secondary N) is 3. The number of rotatable bonds is 15. The van der Waals surface area contributed by atoms with Gasteiger partial charge in [-0.25, -0.2) is 9.98 Å². The molecule has 4 amide bonds. The highest BCUT2D eigenvalue weighted by molar-refractivity contribution is 7.13. The summed E-state index contributed by atoms with van der Waals surface area (Å²) in [5, 5.41) is 19.6. The third kappa shape index (κ3) is 13.3. The van der Waals surface area contributed by atoms with E-state index in [-0.39, 0.29) is 68.1 Å². The molecule has 1 aromatic heterocycles. The van der Waals surface area contributed by atoms with Crippen LogP contribution in [0.5, 0.6) is 5.75 Å². The molecule has 0 bridgehead atoms. The minimum atomic E-state index is -0.878. The number of hydrogen-bond acceptors (Lipinski definition) is 12. The number of ether oxygens (including phenoxy) is 1. The van der Waals surface area contributed by atoms with Gasteiger partial charge in [0.15, 0.2) is 5.96 Å². The van der Waals surface area contributed by atoms with Crippen molar-refractivity contribution in [2.75, 3.05) is 76.2 Å². The fourth-order valence-corrected chi connectivity index (χ4v) is 9.89. The lowest BCUT2D eigenvalue weighted by molar-refractivity contribution is -0.144. The molecule has 3 aliphatic heterocycles. The van der Waals surface area contributed by atoms with Gasteiger partial charge in [-0.1, -0.05) is 45.0 Å². The standard InChI is InChI=1S/C49H65N11O6S.ClH/c1-31-43(67-30-53-31)34-8-6-32(7-9-34)26-52-46(64)40-25-38(61)28-60(40)47(65)44(49(2,3)4)56-42(62)29-57-18-16-33(17-19-57)27-58-20-22-59(23-21-58)37-13-11-36(12-14-37)54-45(63)35-10-15-39(55-48(50)51)41(24-35)66-5;/h6-15,24,30,33,38,40,44,61H,16-23,25-29H2,1-5H3,(H,52,64)(H,54,63)(H,56,62)(H4,50,51,55);1H/t38-,40+,44-;/m1./s1. The summed E-state index contributed by atoms with van der Waals surface area (Å²) in [6.45, 7) is 14.4. The normalized spacial score (nSPS) is 18.6. The monoisotopic (exact) mass is 971 g/mol. The average Bonchev–Trinajstić information content (AvgIpc) is 3.93. The maximum absolute atomic E-state index is 14.2. The Kier molecular flexibility index (Phi) is 17.5. The minimum Gasteiger partial charge on any atom is -0.494 e. The third-order valence-electron chi connectivity index (χ3n) is 12.9. The van der Waals surface area contributed by atoms with Crippen LogP contribution in [-0.2, 0) is 20.9 Å². The van der Waals surface area contributed by atoms with E-state index >= 15 is 0 Å². The van der Waals surface area contributed by atoms with Crippen molar-refractivity contribution in [3.8, 4) is 16.2 Å². The largest absolute Gasteiger partial charge is 0.494 e. The molecular weight excluding hydrogens is 906 g/mol. The third-order valence-corrected chi connectivity index (χ3v) is 13.8. The lowest BCUT2D eigenvalue weighted by atomic mass is 9.85. The number of amides is 4. The number of thiazole rings is 1. The van der Waals surface area contributed by atoms with E-state index in [0.29, 0.717) is 28.6 Å². The number of guanidine groups is 1. The topological polar surface area (TPSA) is 224 Å². The SMILES string of the molecule is COc1cc(C(=O)Nc2ccc(N3CCN(CC4CCN(CC(=O)N[C@H](C(=O)N5C[C@H](O)C[C@H]5C(=O)NCc5ccc(-c6scnc6C)cc5)C(C)(C)C)CC4)CC3)cc2)ccc1N=C(N)N.Cl. The number of aryl methyl sites for hydroxylation is 1. The number of anilines is 2. The van der Waals surface area contributed by atoms with Gasteiger partial charge in [-0.3, -0.25) is 29.0 Å². The molecule has 3 aliphatic rings. The number of likely N-dealkylation sites (tertiary alicyclic amines) is 2. The Morgan fingerprint density at radius 2 is 1.63 bits per heavy atom. The van der Waals surface area contributed by atoms with E-state index in [1.807, 2.05) is 81.7 Å². The van der Waals surface area contributed by atoms with Crippen LogP contribution in [0.1, 0.15) is 61.6 Å². The molecule has 4 aromatic rings. The first-order valence-corrected chi connectivity index (χ1v) is 23.9. The highest BCUT2D eigenvalue weighted by Gasteiger charge is 2.44. The summed E-state index contributed by atoms with van der Waals surface area (Å²) < 4.78 is 5.36. The van der Waals surface area contributed by atoms with Gasteiger partial charge in [-0.05, 0) is 97.8 Å². The number of aromatic nitrogens is 1. The van der Waals surface area contributed by atoms with Gasteiger partial charge in [0.2, 0.25) is 17.7 Å². The first-order chi connectivity index (χ1) is 32.0. The fourth-order valence-electron chi connectivity index (χ4n) is 9.08. The maximum Gasteiger partial charge on any atom is 0.255 e. The Hall–Kier alpha value is -5.79. The predicted octanol–water partition coefficient (Wildman–Crippen LogP) is 4.35. The molecule has 7 rings (SSSR count). The second kappa shape index (κ2) is 23.0. The van der Waals surface area contributed by atoms with Crippen molar-refractivity contribution >= 4 is 70.4 Å². The summed E-state index contributed by atoms with van der Waals surface area (Å²) in [6.07, 6.45) is 1.25. The molecule has 0 unspecified atom stereocenters. The second-order valence-corrected chi connectivity index (χ2v) is 19.7. The van der Waals surface area contributed by atoms with Gasteiger partial charge >= 0.3 is 0 Å². The number of piperidine rings is 1. The number of carbonyl (C=O) groups is 4. The number of piperazine rings is 1. The van der Waals surface area contributed by atoms with Gasteiger partial charge < -0.3 is 47.1 Å². The molecule has 3 saturated heterocycles. The summed E-state index contributed by atoms with van der Waals surface area (Å²) in [6, 6.07) is 19.0. The number of halogens is 1. The summed E-state index contributed by atoms with van der Waals surface area (Å²) in [4.78, 5) is 72.2. The number of β-amino-alcohol motifs (C(OH)–C–C–N with tert-alkyl or cyclic N) is 1. The van der Waals surface area contributed by atoms with Crippen LogP contribution >= 0.6 is 23.7 Å². The number of hydrogen-bond donors (Lipinski definition) is 6. The van der Waals surface area contributed by atoms with Crippen LogP contribution in [-0.4, -0.2) is 139 Å². The van der Waals surface area contributed by atoms with Gasteiger partial charge in [0.05, 0.1) is 35.8 Å². The van der Waals surface area contributed by atoms with Crippen LogP contribution in [0.25, 0.3) is 10.4 Å². The number of carbonyl (C=O) groups excluding carboxylic acids is 4. The van der Waals surface area contributed by atoms with E-state index in [0.717, 1.165) is 86.0 Å². The Morgan fingerprint density at radius 3 is 2.25 bits per heavy atom. The molecule has 366 valence electrons. The van der Waals surface area contributed by atoms with Crippen molar-refractivity contribution in [2.24, 2.45) is 27.8 Å². The molecule has 19 heteroatoms. The number of aliphatic hydroxyl groups excluding tert-OH is 1. The van der Waals surface area contributed by atoms with Gasteiger partial charge in [0, 0.05) is 69.2 Å². The number of aliphatic imine (C=N–C) groups is 1. The average molecular weight is 973 g/mol. The van der Waals surface area contributed by atoms with Gasteiger partial charge in [-0.2, -0.15) is 0 Å². The van der Waals surface area contributed by atoms with Crippen molar-refractivity contribution in [1.82, 2.24) is 30.3 Å². The maximum atomic E-state index is 14.2. The van der Waals surface area contributed by atoms with E-state index in [1.165, 1.54) is 12.0 Å². The van der Waals surface area contributed by atoms with Crippen LogP contribution in [0.4, 0.5) is 17.1 Å². The van der Waals surface area contributed by atoms with Crippen LogP contribution in [0.15, 0.2) is 77.2 Å². The van der Waals surface area contributed by atoms with Crippen LogP contribution in [0.2, 0.25) is 0 Å². The number of nitrogens with two attached hydrogens (primary N) is 2. The summed E-state index contributed by atoms with van der Waals surface area (Å²) in [5.41, 5.74) is 17.8. The fraction of sp³-hybridized carbons (Fsp3) is 0.469. The van der Waals surface area contributed by atoms with Crippen molar-refractivity contribution in [2.45, 2.75) is 71.7 Å². The zero-order valence-electron chi connectivity index (χ0n) is 39.6. The molecule has 0 spiro atoms. The molecule has 0 aliphatic carbocycles. The second-order valence-electron chi connectivity index (χ2n) is 18.9. The molecule has 3 atom stereocenters. The Morgan fingerprint density at radius 1 is 0.941 bits per heavy atom. The molecule has 8 N–H and O–H groups in total. The molecule has 3 aromatic carbocycles. The van der Waals surface area contributed by atoms with Crippen LogP contribution in [0, 0.1) is 18.3 Å². The zero-order valence-corrected chi connectivity index (χ0v) is 41.2. The van der Waals surface area contributed by atoms with Crippen molar-refractivity contribution in [3.63, 3.8) is 0 Å². The van der Waals surface area contributed by atoms with Gasteiger partial charge in [0.25, 0.3) is 5.91 Å². The quantitative estimate of drug-likeness (QED) is 0.0723. The number of benzene rings is 3. The van der Waals surface area contributed by atoms with Gasteiger partial charge in [-0.15, -0.1) is 23.7 Å². The molecular formula is C49H66ClN11O6S. The van der Waals surface area contributed by atoms with E-state index in [4.69, 9.17) is 16.2 Å². The Balaban J connectivity index is 0.00000761. The number of nitrogens with zero attached hydrogens (tertiary/aromatic N) is 6. The van der Waals surface area contributed by atoms with Crippen molar-refractivity contribution < 1.29 is 29.0 Å². The molecule has 17 nitrogen and oxygen atoms in total. The summed E-state index contributed by atoms with van der Waals surface area (Å²) in [5.74, 6) is -0.395. The van der Waals surface area contributed by atoms with E-state index in [1.54, 1.807) is 29.5 Å². The lowest BCUT2D eigenvalue weighted by Gasteiger charge is -2.40. The first-order valence-electron chi connectivity index (χ1n) is 23.0. The van der Waals surface area contributed by atoms with E-state index in [9.17, 15) is 24.3 Å². The number of aliphatic hydroxyl groups is 1. The zero-order chi connectivity index (χ0) is 47.8. The smallest absolute Gasteiger partial charge is 0.255 e. The number of methoxy groups -OCH3 is 1. The van der Waals surface area contributed by atoms with Crippen molar-refractivity contribution in [1.29, 1.82) is 0 Å². The van der Waals surface area contributed by atoms with E-state index in [2.05, 4.69) is 40.6 Å². The molecule has 3 fully saturated rings. The minimum absolute atomic E-state index is 0. The van der Waals surface area contributed by atoms with Crippen LogP contribution < -0.4 is 37.1 Å². The summed E-state index contributed by atoms with van der Waals surface area (Å²) in [7, 11) is 1.49. The first kappa shape index (κ1) is 51.6.